The van der Waals surface area contributed by atoms with Gasteiger partial charge in [0.1, 0.15) is 18.5 Å². The van der Waals surface area contributed by atoms with Crippen LogP contribution in [0.3, 0.4) is 0 Å². The van der Waals surface area contributed by atoms with E-state index < -0.39 is 0 Å². The molecular weight excluding hydrogens is 208 g/mol. The molecule has 2 aromatic heterocycles. The Morgan fingerprint density at radius 2 is 2.06 bits per heavy atom. The molecule has 16 heavy (non-hydrogen) atoms. The second-order valence-corrected chi connectivity index (χ2v) is 2.98. The molecule has 0 aliphatic carbocycles. The summed E-state index contributed by atoms with van der Waals surface area (Å²) in [7, 11) is 1.55. The van der Waals surface area contributed by atoms with Gasteiger partial charge in [0.2, 0.25) is 0 Å². The van der Waals surface area contributed by atoms with Crippen LogP contribution in [0.2, 0.25) is 0 Å². The molecule has 0 aromatic carbocycles. The summed E-state index contributed by atoms with van der Waals surface area (Å²) >= 11 is 0. The second kappa shape index (κ2) is 4.39. The predicted molar refractivity (Wildman–Crippen MR) is 57.2 cm³/mol. The number of amides is 2. The van der Waals surface area contributed by atoms with E-state index in [-0.39, 0.29) is 6.03 Å². The first-order valence-electron chi connectivity index (χ1n) is 4.59. The van der Waals surface area contributed by atoms with Crippen LogP contribution >= 0.6 is 0 Å². The van der Waals surface area contributed by atoms with Crippen molar-refractivity contribution >= 4 is 11.7 Å². The number of nitrogens with one attached hydrogen (secondary N) is 2. The molecule has 7 heteroatoms. The minimum atomic E-state index is -0.279. The monoisotopic (exact) mass is 218 g/mol. The van der Waals surface area contributed by atoms with Gasteiger partial charge in [-0.25, -0.2) is 9.78 Å². The van der Waals surface area contributed by atoms with Crippen molar-refractivity contribution in [1.82, 2.24) is 25.1 Å². The van der Waals surface area contributed by atoms with Crippen molar-refractivity contribution in [3.05, 3.63) is 31.0 Å². The maximum Gasteiger partial charge on any atom is 0.319 e. The van der Waals surface area contributed by atoms with Crippen LogP contribution in [-0.4, -0.2) is 32.8 Å². The number of carbonyl (C=O) groups excluding carboxylic acids is 1. The van der Waals surface area contributed by atoms with E-state index in [0.29, 0.717) is 11.5 Å². The Bertz CT molecular complexity index is 463. The largest absolute Gasteiger partial charge is 0.341 e. The number of hydrogen-bond acceptors (Lipinski definition) is 4. The van der Waals surface area contributed by atoms with Crippen LogP contribution in [0.5, 0.6) is 0 Å². The molecular formula is C9H10N6O. The Labute approximate surface area is 91.5 Å². The molecule has 2 amide bonds. The summed E-state index contributed by atoms with van der Waals surface area (Å²) in [5.74, 6) is 0.687. The number of urea groups is 1. The molecule has 0 radical (unpaired) electrons. The second-order valence-electron chi connectivity index (χ2n) is 2.98. The summed E-state index contributed by atoms with van der Waals surface area (Å²) in [6.45, 7) is 0. The van der Waals surface area contributed by atoms with Crippen molar-refractivity contribution in [3.63, 3.8) is 0 Å². The lowest BCUT2D eigenvalue weighted by Gasteiger charge is -2.04. The Balaban J connectivity index is 2.14. The lowest BCUT2D eigenvalue weighted by atomic mass is 10.4. The fraction of sp³-hybridized carbons (Fsp3) is 0.111. The first-order valence-corrected chi connectivity index (χ1v) is 4.59. The van der Waals surface area contributed by atoms with Crippen molar-refractivity contribution in [1.29, 1.82) is 0 Å². The summed E-state index contributed by atoms with van der Waals surface area (Å²) in [5, 5.41) is 12.4. The quantitative estimate of drug-likeness (QED) is 0.764. The number of aromatic nitrogens is 4. The van der Waals surface area contributed by atoms with Gasteiger partial charge in [-0.3, -0.25) is 4.57 Å². The molecule has 0 saturated carbocycles. The number of pyridine rings is 1. The Hall–Kier alpha value is -2.44. The molecule has 0 saturated heterocycles. The van der Waals surface area contributed by atoms with Gasteiger partial charge in [0.05, 0.1) is 11.9 Å². The Morgan fingerprint density at radius 1 is 1.31 bits per heavy atom. The van der Waals surface area contributed by atoms with E-state index in [9.17, 15) is 4.79 Å². The SMILES string of the molecule is CNC(=O)Nc1ccc(-n2cnnc2)nc1. The molecule has 2 heterocycles. The van der Waals surface area contributed by atoms with Gasteiger partial charge < -0.3 is 10.6 Å². The van der Waals surface area contributed by atoms with E-state index in [0.717, 1.165) is 0 Å². The average Bonchev–Trinajstić information content (AvgIpc) is 2.83. The molecule has 0 atom stereocenters. The number of nitrogens with zero attached hydrogens (tertiary/aromatic N) is 4. The van der Waals surface area contributed by atoms with Crippen LogP contribution in [0, 0.1) is 0 Å². The lowest BCUT2D eigenvalue weighted by molar-refractivity contribution is 0.254. The van der Waals surface area contributed by atoms with Gasteiger partial charge in [-0.05, 0) is 12.1 Å². The summed E-state index contributed by atoms with van der Waals surface area (Å²) in [4.78, 5) is 15.2. The Morgan fingerprint density at radius 3 is 2.62 bits per heavy atom. The predicted octanol–water partition coefficient (Wildman–Crippen LogP) is 0.414. The maximum atomic E-state index is 11.0. The van der Waals surface area contributed by atoms with Crippen LogP contribution in [0.4, 0.5) is 10.5 Å². The third-order valence-electron chi connectivity index (χ3n) is 1.92. The van der Waals surface area contributed by atoms with Gasteiger partial charge >= 0.3 is 6.03 Å². The van der Waals surface area contributed by atoms with Crippen LogP contribution in [0.15, 0.2) is 31.0 Å². The first kappa shape index (κ1) is 10.1. The molecule has 2 rings (SSSR count). The molecule has 0 fully saturated rings. The molecule has 0 bridgehead atoms. The van der Waals surface area contributed by atoms with E-state index >= 15 is 0 Å². The van der Waals surface area contributed by atoms with Gasteiger partial charge in [0, 0.05) is 7.05 Å². The highest BCUT2D eigenvalue weighted by atomic mass is 16.2. The molecule has 82 valence electrons. The molecule has 0 unspecified atom stereocenters. The smallest absolute Gasteiger partial charge is 0.319 e. The van der Waals surface area contributed by atoms with Crippen molar-refractivity contribution in [2.75, 3.05) is 12.4 Å². The summed E-state index contributed by atoms with van der Waals surface area (Å²) < 4.78 is 1.67. The maximum absolute atomic E-state index is 11.0. The van der Waals surface area contributed by atoms with Crippen molar-refractivity contribution in [2.24, 2.45) is 0 Å². The zero-order chi connectivity index (χ0) is 11.4. The van der Waals surface area contributed by atoms with Gasteiger partial charge in [-0.15, -0.1) is 10.2 Å². The lowest BCUT2D eigenvalue weighted by Crippen LogP contribution is -2.24. The fourth-order valence-corrected chi connectivity index (χ4v) is 1.13. The van der Waals surface area contributed by atoms with Gasteiger partial charge in [0.15, 0.2) is 0 Å². The highest BCUT2D eigenvalue weighted by Gasteiger charge is 2.00. The molecule has 0 aliphatic rings. The van der Waals surface area contributed by atoms with E-state index in [1.165, 1.54) is 0 Å². The molecule has 7 nitrogen and oxygen atoms in total. The average molecular weight is 218 g/mol. The van der Waals surface area contributed by atoms with E-state index in [4.69, 9.17) is 0 Å². The van der Waals surface area contributed by atoms with E-state index in [2.05, 4.69) is 25.8 Å². The normalized spacial score (nSPS) is 9.81. The highest BCUT2D eigenvalue weighted by molar-refractivity contribution is 5.88. The van der Waals surface area contributed by atoms with Crippen molar-refractivity contribution in [3.8, 4) is 5.82 Å². The fourth-order valence-electron chi connectivity index (χ4n) is 1.13. The van der Waals surface area contributed by atoms with E-state index in [1.54, 1.807) is 42.6 Å². The molecule has 0 spiro atoms. The summed E-state index contributed by atoms with van der Waals surface area (Å²) in [6.07, 6.45) is 4.66. The minimum Gasteiger partial charge on any atom is -0.341 e. The van der Waals surface area contributed by atoms with Crippen LogP contribution < -0.4 is 10.6 Å². The number of hydrogen-bond donors (Lipinski definition) is 2. The third-order valence-corrected chi connectivity index (χ3v) is 1.92. The molecule has 2 aromatic rings. The Kier molecular flexibility index (Phi) is 2.77. The van der Waals surface area contributed by atoms with E-state index in [1.807, 2.05) is 0 Å². The molecule has 0 aliphatic heterocycles. The standard InChI is InChI=1S/C9H10N6O/c1-10-9(16)14-7-2-3-8(11-4-7)15-5-12-13-6-15/h2-6H,1H3,(H2,10,14,16). The van der Waals surface area contributed by atoms with Crippen LogP contribution in [-0.2, 0) is 0 Å². The van der Waals surface area contributed by atoms with Gasteiger partial charge in [-0.1, -0.05) is 0 Å². The summed E-state index contributed by atoms with van der Waals surface area (Å²) in [6, 6.07) is 3.23. The number of rotatable bonds is 2. The highest BCUT2D eigenvalue weighted by Crippen LogP contribution is 2.08. The van der Waals surface area contributed by atoms with Gasteiger partial charge in [0.25, 0.3) is 0 Å². The summed E-state index contributed by atoms with van der Waals surface area (Å²) in [5.41, 5.74) is 0.621. The van der Waals surface area contributed by atoms with Crippen molar-refractivity contribution in [2.45, 2.75) is 0 Å². The van der Waals surface area contributed by atoms with Crippen molar-refractivity contribution < 1.29 is 4.79 Å². The number of anilines is 1. The molecule has 2 N–H and O–H groups in total. The zero-order valence-electron chi connectivity index (χ0n) is 8.58. The third kappa shape index (κ3) is 2.14. The van der Waals surface area contributed by atoms with Gasteiger partial charge in [-0.2, -0.15) is 0 Å². The zero-order valence-corrected chi connectivity index (χ0v) is 8.58. The topological polar surface area (TPSA) is 84.7 Å². The van der Waals surface area contributed by atoms with Crippen LogP contribution in [0.1, 0.15) is 0 Å². The minimum absolute atomic E-state index is 0.279. The van der Waals surface area contributed by atoms with Crippen LogP contribution in [0.25, 0.3) is 5.82 Å². The first-order chi connectivity index (χ1) is 7.79. The number of carbonyl (C=O) groups is 1.